The summed E-state index contributed by atoms with van der Waals surface area (Å²) in [5, 5.41) is 27.3. The van der Waals surface area contributed by atoms with Crippen molar-refractivity contribution in [3.63, 3.8) is 0 Å². The van der Waals surface area contributed by atoms with Crippen LogP contribution in [0.5, 0.6) is 0 Å². The molecule has 8 heterocycles. The van der Waals surface area contributed by atoms with Gasteiger partial charge in [0.25, 0.3) is 0 Å². The zero-order valence-corrected chi connectivity index (χ0v) is 76.4. The van der Waals surface area contributed by atoms with Gasteiger partial charge in [0.15, 0.2) is 17.3 Å². The molecule has 17 heteroatoms. The van der Waals surface area contributed by atoms with Crippen LogP contribution in [-0.2, 0) is 109 Å². The molecule has 1 aliphatic carbocycles. The van der Waals surface area contributed by atoms with Gasteiger partial charge in [-0.05, 0) is 158 Å². The van der Waals surface area contributed by atoms with Gasteiger partial charge in [-0.3, -0.25) is 24.4 Å². The summed E-state index contributed by atoms with van der Waals surface area (Å²) in [7, 11) is 0. The van der Waals surface area contributed by atoms with Crippen LogP contribution in [0.3, 0.4) is 0 Å². The molecular formula is C99H95Ir3N8O5Pt-3. The van der Waals surface area contributed by atoms with Crippen LogP contribution >= 0.6 is 0 Å². The second-order valence-electron chi connectivity index (χ2n) is 27.3. The van der Waals surface area contributed by atoms with Crippen LogP contribution in [0.25, 0.3) is 95.4 Å². The Morgan fingerprint density at radius 2 is 1.06 bits per heavy atom. The normalized spacial score (nSPS) is 14.3. The molecule has 0 saturated heterocycles. The van der Waals surface area contributed by atoms with Gasteiger partial charge in [0, 0.05) is 97.3 Å². The van der Waals surface area contributed by atoms with Crippen LogP contribution in [0.2, 0.25) is 0 Å². The quantitative estimate of drug-likeness (QED) is 0.0457. The number of aliphatic imine (C=N–C) groups is 2. The van der Waals surface area contributed by atoms with Crippen LogP contribution in [0.4, 0.5) is 0 Å². The molecule has 0 amide bonds. The molecule has 4 aromatic heterocycles. The van der Waals surface area contributed by atoms with Crippen LogP contribution in [0, 0.1) is 18.2 Å². The summed E-state index contributed by atoms with van der Waals surface area (Å²) in [4.78, 5) is 65.9. The zero-order chi connectivity index (χ0) is 79.0. The van der Waals surface area contributed by atoms with Gasteiger partial charge in [-0.25, -0.2) is 9.98 Å². The van der Waals surface area contributed by atoms with Crippen molar-refractivity contribution in [3.8, 4) is 56.2 Å². The third-order valence-corrected chi connectivity index (χ3v) is 19.7. The van der Waals surface area contributed by atoms with Gasteiger partial charge in [-0.1, -0.05) is 205 Å². The monoisotopic (exact) mass is 2250 g/mol. The van der Waals surface area contributed by atoms with E-state index in [1.807, 2.05) is 158 Å². The van der Waals surface area contributed by atoms with Crippen LogP contribution in [-0.4, -0.2) is 65.0 Å². The molecule has 0 saturated carbocycles. The van der Waals surface area contributed by atoms with E-state index in [2.05, 4.69) is 149 Å². The molecule has 4 aliphatic heterocycles. The van der Waals surface area contributed by atoms with E-state index in [4.69, 9.17) is 40.5 Å². The summed E-state index contributed by atoms with van der Waals surface area (Å²) >= 11 is 0. The first-order chi connectivity index (χ1) is 54.5. The van der Waals surface area contributed by atoms with E-state index in [1.165, 1.54) is 87.7 Å². The first kappa shape index (κ1) is 93.2. The number of aliphatic hydroxyl groups excluding tert-OH is 2. The summed E-state index contributed by atoms with van der Waals surface area (Å²) in [6, 6.07) is 76.5. The number of hydrogen-bond donors (Lipinski definition) is 2. The fourth-order valence-electron chi connectivity index (χ4n) is 14.5. The molecule has 601 valence electrons. The second kappa shape index (κ2) is 46.1. The number of aliphatic hydroxyl groups is 2. The standard InChI is InChI=1S/C34H42N4.C20H13N2.C17H12N.C15H10N.C8H10O3.C5H8O2.3Ir.Pt/c1-8-20-15-21-16-29-22(9-2)23(10-3)31(36-29)18-33-26(13-6)27(14-7)34(38-33)19-32-25(12-5)24(11-4)30(37-32)17-28(20)35-21;1-3-9-15(10-4-1)19-20(16-11-5-2-6-12-16)22-18-14-8-7-13-17(18)21-19;1-2-7-14(8-3-1)15-9-6-10-16(13-15)17-11-4-5-12-18-17;1-2-7-13(8-3-1)15-14-9-5-4-6-12(14)10-11-16-15;1-5(9)8-6(10)3-2-4-7(8)11;1-4(6)3-5(2)7;;;;/h16-19,21H,8-15H2,1-7H3;1-11,13-14H;1-9,11-13H;1-7,9-11H;10H,2-4H2,1H3;3,6H,1-2H3;;;;/q-2;3*-1;;;;;;+2. The van der Waals surface area contributed by atoms with E-state index < -0.39 is 0 Å². The van der Waals surface area contributed by atoms with Gasteiger partial charge in [-0.2, -0.15) is 0 Å². The minimum Gasteiger partial charge on any atom is -0.678 e. The fourth-order valence-corrected chi connectivity index (χ4v) is 14.5. The first-order valence-electron chi connectivity index (χ1n) is 38.8. The third-order valence-electron chi connectivity index (χ3n) is 19.7. The van der Waals surface area contributed by atoms with Crippen molar-refractivity contribution >= 4 is 62.7 Å². The minimum atomic E-state index is -0.327. The SMILES string of the molecule is CC(=O)C1=C(O)CCCC1=O.CC(=O)C=C(C)O.CCC1=C2C=C3N=C(C=c4[n-]c(c(CC)c4CC)=CC4=NC(=CC(C1)[N-]2)C(CC)=C4CC)C(CC)=C3CC.[Ir].[Ir].[Ir].[Pt+2].[c-]1ccc(-c2ccccc2)cc1-c1ccccn1.[c-]1ccccc1-c1nc2ccccc2nc1-c1ccccc1.[c-]1ccccc1-c1nccc2ccccc12. The van der Waals surface area contributed by atoms with Gasteiger partial charge in [0.05, 0.1) is 50.9 Å². The number of Topliss-reactive ketones (excluding diaryl/α,β-unsaturated/α-hetero) is 2. The number of ketones is 3. The van der Waals surface area contributed by atoms with Crippen molar-refractivity contribution < 1.29 is 106 Å². The van der Waals surface area contributed by atoms with Gasteiger partial charge in [0.2, 0.25) is 0 Å². The third kappa shape index (κ3) is 23.7. The maximum absolute atomic E-state index is 11.0. The summed E-state index contributed by atoms with van der Waals surface area (Å²) in [6.07, 6.45) is 23.1. The summed E-state index contributed by atoms with van der Waals surface area (Å²) in [6.45, 7) is 19.9. The molecule has 3 radical (unpaired) electrons. The molecule has 11 aromatic rings. The van der Waals surface area contributed by atoms with Crippen molar-refractivity contribution in [2.24, 2.45) is 9.98 Å². The van der Waals surface area contributed by atoms with Gasteiger partial charge >= 0.3 is 21.1 Å². The minimum absolute atomic E-state index is 0. The number of pyridine rings is 2. The van der Waals surface area contributed by atoms with E-state index in [0.29, 0.717) is 19.3 Å². The van der Waals surface area contributed by atoms with Crippen molar-refractivity contribution in [3.05, 3.63) is 338 Å². The smallest absolute Gasteiger partial charge is 0.678 e. The summed E-state index contributed by atoms with van der Waals surface area (Å²) < 4.78 is 0. The fraction of sp³-hybridized carbons (Fsp3) is 0.222. The molecular weight excluding hydrogens is 2150 g/mol. The second-order valence-corrected chi connectivity index (χ2v) is 27.3. The Morgan fingerprint density at radius 3 is 1.59 bits per heavy atom. The number of nitrogens with zero attached hydrogens (tertiary/aromatic N) is 8. The Balaban J connectivity index is 0.000000206. The number of fused-ring (bicyclic) bond motifs is 8. The van der Waals surface area contributed by atoms with Gasteiger partial charge in [-0.15, -0.1) is 124 Å². The van der Waals surface area contributed by atoms with Crippen molar-refractivity contribution in [1.29, 1.82) is 0 Å². The molecule has 1 atom stereocenters. The predicted molar refractivity (Wildman–Crippen MR) is 457 cm³/mol. The summed E-state index contributed by atoms with van der Waals surface area (Å²) in [5.74, 6) is -0.644. The number of rotatable bonds is 14. The van der Waals surface area contributed by atoms with Crippen LogP contribution in [0.15, 0.2) is 303 Å². The Labute approximate surface area is 737 Å². The van der Waals surface area contributed by atoms with Crippen LogP contribution < -0.4 is 15.7 Å². The Bertz CT molecular complexity index is 5530. The van der Waals surface area contributed by atoms with Crippen LogP contribution in [0.1, 0.15) is 138 Å². The number of allylic oxidation sites excluding steroid dienone is 9. The maximum Gasteiger partial charge on any atom is 2.00 e. The number of benzene rings is 7. The van der Waals surface area contributed by atoms with E-state index in [1.54, 1.807) is 6.20 Å². The first-order valence-corrected chi connectivity index (χ1v) is 38.8. The predicted octanol–water partition coefficient (Wildman–Crippen LogP) is 21.9. The number of carbonyl (C=O) groups excluding carboxylic acids is 3. The molecule has 8 bridgehead atoms. The Morgan fingerprint density at radius 1 is 0.517 bits per heavy atom. The number of aromatic nitrogens is 5. The van der Waals surface area contributed by atoms with Crippen molar-refractivity contribution in [1.82, 2.24) is 24.9 Å². The van der Waals surface area contributed by atoms with Gasteiger partial charge in [0.1, 0.15) is 5.76 Å². The number of carbonyl (C=O) groups is 3. The van der Waals surface area contributed by atoms with Crippen molar-refractivity contribution in [2.75, 3.05) is 0 Å². The molecule has 0 fully saturated rings. The molecule has 1 unspecified atom stereocenters. The average Bonchev–Trinajstić information content (AvgIpc) is 1.55. The van der Waals surface area contributed by atoms with Gasteiger partial charge < -0.3 is 30.5 Å². The summed E-state index contributed by atoms with van der Waals surface area (Å²) in [5.41, 5.74) is 27.0. The number of hydrogen-bond acceptors (Lipinski definition) is 11. The van der Waals surface area contributed by atoms with Crippen molar-refractivity contribution in [2.45, 2.75) is 146 Å². The molecule has 116 heavy (non-hydrogen) atoms. The van der Waals surface area contributed by atoms with E-state index in [0.717, 1.165) is 147 Å². The molecule has 5 aliphatic rings. The van der Waals surface area contributed by atoms with E-state index in [-0.39, 0.29) is 122 Å². The number of para-hydroxylation sites is 2. The Hall–Kier alpha value is -9.97. The maximum atomic E-state index is 11.0. The molecule has 0 spiro atoms. The Kier molecular flexibility index (Phi) is 37.0. The molecule has 16 rings (SSSR count). The molecule has 7 aromatic carbocycles. The topological polar surface area (TPSA) is 196 Å². The molecule has 13 nitrogen and oxygen atoms in total. The van der Waals surface area contributed by atoms with E-state index >= 15 is 0 Å². The van der Waals surface area contributed by atoms with E-state index in [9.17, 15) is 14.4 Å². The molecule has 2 N–H and O–H groups in total. The largest absolute Gasteiger partial charge is 2.00 e. The zero-order valence-electron chi connectivity index (χ0n) is 67.0. The average molecular weight is 2250 g/mol.